The lowest BCUT2D eigenvalue weighted by atomic mass is 10.1. The maximum Gasteiger partial charge on any atom is 0.133 e. The fourth-order valence-corrected chi connectivity index (χ4v) is 2.71. The summed E-state index contributed by atoms with van der Waals surface area (Å²) in [6.07, 6.45) is 7.44. The van der Waals surface area contributed by atoms with Crippen LogP contribution in [0.4, 0.5) is 5.82 Å². The molecule has 0 radical (unpaired) electrons. The van der Waals surface area contributed by atoms with Crippen LogP contribution in [0.2, 0.25) is 0 Å². The molecule has 3 heteroatoms. The van der Waals surface area contributed by atoms with Crippen molar-refractivity contribution in [2.45, 2.75) is 31.8 Å². The second kappa shape index (κ2) is 6.02. The van der Waals surface area contributed by atoms with E-state index >= 15 is 0 Å². The van der Waals surface area contributed by atoms with E-state index in [4.69, 9.17) is 4.74 Å². The Morgan fingerprint density at radius 2 is 2.00 bits per heavy atom. The van der Waals surface area contributed by atoms with E-state index < -0.39 is 0 Å². The van der Waals surface area contributed by atoms with Crippen LogP contribution in [0, 0.1) is 0 Å². The molecule has 100 valence electrons. The van der Waals surface area contributed by atoms with E-state index in [1.54, 1.807) is 0 Å². The largest absolute Gasteiger partial charge is 0.376 e. The SMILES string of the molecule is c1ccc2c(NCCOC3CCCC3)nccc2c1. The van der Waals surface area contributed by atoms with Crippen LogP contribution in [0.15, 0.2) is 36.5 Å². The van der Waals surface area contributed by atoms with E-state index in [1.807, 2.05) is 18.3 Å². The Morgan fingerprint density at radius 3 is 2.89 bits per heavy atom. The number of hydrogen-bond acceptors (Lipinski definition) is 3. The van der Waals surface area contributed by atoms with Gasteiger partial charge < -0.3 is 10.1 Å². The fraction of sp³-hybridized carbons (Fsp3) is 0.438. The van der Waals surface area contributed by atoms with Gasteiger partial charge in [0, 0.05) is 18.1 Å². The highest BCUT2D eigenvalue weighted by molar-refractivity contribution is 5.91. The average Bonchev–Trinajstić information content (AvgIpc) is 2.97. The Hall–Kier alpha value is -1.61. The second-order valence-electron chi connectivity index (χ2n) is 5.08. The van der Waals surface area contributed by atoms with Crippen LogP contribution in [0.25, 0.3) is 10.8 Å². The van der Waals surface area contributed by atoms with Crippen molar-refractivity contribution < 1.29 is 4.74 Å². The van der Waals surface area contributed by atoms with Crippen molar-refractivity contribution >= 4 is 16.6 Å². The summed E-state index contributed by atoms with van der Waals surface area (Å²) in [5, 5.41) is 5.77. The molecule has 0 atom stereocenters. The van der Waals surface area contributed by atoms with E-state index in [9.17, 15) is 0 Å². The predicted molar refractivity (Wildman–Crippen MR) is 78.4 cm³/mol. The molecule has 1 fully saturated rings. The minimum absolute atomic E-state index is 0.488. The molecule has 1 aromatic heterocycles. The number of anilines is 1. The van der Waals surface area contributed by atoms with Gasteiger partial charge in [-0.3, -0.25) is 0 Å². The van der Waals surface area contributed by atoms with E-state index in [0.717, 1.165) is 19.0 Å². The zero-order chi connectivity index (χ0) is 12.9. The summed E-state index contributed by atoms with van der Waals surface area (Å²) in [5.74, 6) is 0.952. The Morgan fingerprint density at radius 1 is 1.16 bits per heavy atom. The second-order valence-corrected chi connectivity index (χ2v) is 5.08. The van der Waals surface area contributed by atoms with Crippen molar-refractivity contribution in [3.8, 4) is 0 Å². The normalized spacial score (nSPS) is 16.0. The molecule has 1 aliphatic carbocycles. The van der Waals surface area contributed by atoms with Gasteiger partial charge in [-0.05, 0) is 24.3 Å². The van der Waals surface area contributed by atoms with Crippen LogP contribution in [0.5, 0.6) is 0 Å². The molecule has 1 saturated carbocycles. The standard InChI is InChI=1S/C16H20N2O/c1-4-8-15-13(5-1)9-10-17-16(15)18-11-12-19-14-6-2-3-7-14/h1,4-5,8-10,14H,2-3,6-7,11-12H2,(H,17,18). The molecule has 1 N–H and O–H groups in total. The van der Waals surface area contributed by atoms with Crippen molar-refractivity contribution in [3.05, 3.63) is 36.5 Å². The maximum absolute atomic E-state index is 5.85. The van der Waals surface area contributed by atoms with Crippen molar-refractivity contribution in [3.63, 3.8) is 0 Å². The van der Waals surface area contributed by atoms with Gasteiger partial charge in [0.2, 0.25) is 0 Å². The Bertz CT molecular complexity index is 530. The number of rotatable bonds is 5. The van der Waals surface area contributed by atoms with Gasteiger partial charge in [-0.2, -0.15) is 0 Å². The summed E-state index contributed by atoms with van der Waals surface area (Å²) in [6, 6.07) is 10.3. The molecule has 1 aliphatic rings. The van der Waals surface area contributed by atoms with Crippen LogP contribution in [0.1, 0.15) is 25.7 Å². The number of aromatic nitrogens is 1. The van der Waals surface area contributed by atoms with Crippen LogP contribution >= 0.6 is 0 Å². The lowest BCUT2D eigenvalue weighted by Gasteiger charge is -2.12. The molecule has 1 aromatic carbocycles. The number of benzene rings is 1. The first-order valence-electron chi connectivity index (χ1n) is 7.13. The summed E-state index contributed by atoms with van der Waals surface area (Å²) >= 11 is 0. The maximum atomic E-state index is 5.85. The van der Waals surface area contributed by atoms with Gasteiger partial charge in [0.05, 0.1) is 12.7 Å². The summed E-state index contributed by atoms with van der Waals surface area (Å²) in [5.41, 5.74) is 0. The van der Waals surface area contributed by atoms with E-state index in [1.165, 1.54) is 36.5 Å². The van der Waals surface area contributed by atoms with Crippen LogP contribution in [-0.4, -0.2) is 24.2 Å². The van der Waals surface area contributed by atoms with Gasteiger partial charge in [0.15, 0.2) is 0 Å². The van der Waals surface area contributed by atoms with Gasteiger partial charge in [-0.25, -0.2) is 4.98 Å². The molecule has 0 saturated heterocycles. The molecule has 3 rings (SSSR count). The lowest BCUT2D eigenvalue weighted by Crippen LogP contribution is -2.15. The summed E-state index contributed by atoms with van der Waals surface area (Å²) in [6.45, 7) is 1.58. The van der Waals surface area contributed by atoms with Crippen LogP contribution in [0.3, 0.4) is 0 Å². The number of nitrogens with one attached hydrogen (secondary N) is 1. The first-order valence-corrected chi connectivity index (χ1v) is 7.13. The Balaban J connectivity index is 1.56. The highest BCUT2D eigenvalue weighted by Gasteiger charge is 2.14. The number of hydrogen-bond donors (Lipinski definition) is 1. The molecule has 1 heterocycles. The first-order chi connectivity index (χ1) is 9.43. The van der Waals surface area contributed by atoms with E-state index in [-0.39, 0.29) is 0 Å². The zero-order valence-electron chi connectivity index (χ0n) is 11.1. The summed E-state index contributed by atoms with van der Waals surface area (Å²) < 4.78 is 5.85. The first kappa shape index (κ1) is 12.4. The smallest absolute Gasteiger partial charge is 0.133 e. The Kier molecular flexibility index (Phi) is 3.94. The molecule has 0 spiro atoms. The van der Waals surface area contributed by atoms with Gasteiger partial charge in [-0.15, -0.1) is 0 Å². The van der Waals surface area contributed by atoms with Crippen LogP contribution < -0.4 is 5.32 Å². The molecule has 0 aliphatic heterocycles. The van der Waals surface area contributed by atoms with E-state index in [0.29, 0.717) is 6.10 Å². The topological polar surface area (TPSA) is 34.1 Å². The fourth-order valence-electron chi connectivity index (χ4n) is 2.71. The molecular weight excluding hydrogens is 236 g/mol. The molecule has 2 aromatic rings. The molecule has 0 unspecified atom stereocenters. The quantitative estimate of drug-likeness (QED) is 0.830. The molecule has 19 heavy (non-hydrogen) atoms. The molecule has 3 nitrogen and oxygen atoms in total. The van der Waals surface area contributed by atoms with Crippen molar-refractivity contribution in [2.75, 3.05) is 18.5 Å². The van der Waals surface area contributed by atoms with Crippen molar-refractivity contribution in [2.24, 2.45) is 0 Å². The van der Waals surface area contributed by atoms with Crippen molar-refractivity contribution in [1.82, 2.24) is 4.98 Å². The van der Waals surface area contributed by atoms with E-state index in [2.05, 4.69) is 28.5 Å². The molecule has 0 amide bonds. The third-order valence-corrected chi connectivity index (χ3v) is 3.72. The summed E-state index contributed by atoms with van der Waals surface area (Å²) in [4.78, 5) is 4.41. The predicted octanol–water partition coefficient (Wildman–Crippen LogP) is 3.61. The van der Waals surface area contributed by atoms with Gasteiger partial charge in [0.25, 0.3) is 0 Å². The zero-order valence-corrected chi connectivity index (χ0v) is 11.1. The number of fused-ring (bicyclic) bond motifs is 1. The minimum atomic E-state index is 0.488. The van der Waals surface area contributed by atoms with Crippen molar-refractivity contribution in [1.29, 1.82) is 0 Å². The van der Waals surface area contributed by atoms with Gasteiger partial charge >= 0.3 is 0 Å². The number of nitrogens with zero attached hydrogens (tertiary/aromatic N) is 1. The number of ether oxygens (including phenoxy) is 1. The molecule has 0 bridgehead atoms. The highest BCUT2D eigenvalue weighted by atomic mass is 16.5. The average molecular weight is 256 g/mol. The summed E-state index contributed by atoms with van der Waals surface area (Å²) in [7, 11) is 0. The molecular formula is C16H20N2O. The van der Waals surface area contributed by atoms with Gasteiger partial charge in [0.1, 0.15) is 5.82 Å². The van der Waals surface area contributed by atoms with Crippen LogP contribution in [-0.2, 0) is 4.74 Å². The number of pyridine rings is 1. The third kappa shape index (κ3) is 3.04. The monoisotopic (exact) mass is 256 g/mol. The Labute approximate surface area is 114 Å². The third-order valence-electron chi connectivity index (χ3n) is 3.72. The minimum Gasteiger partial charge on any atom is -0.376 e. The highest BCUT2D eigenvalue weighted by Crippen LogP contribution is 2.21. The van der Waals surface area contributed by atoms with Gasteiger partial charge in [-0.1, -0.05) is 37.1 Å². The lowest BCUT2D eigenvalue weighted by molar-refractivity contribution is 0.0659.